The molecular formula is C24H20N8O2. The van der Waals surface area contributed by atoms with Gasteiger partial charge in [-0.05, 0) is 54.6 Å². The van der Waals surface area contributed by atoms with Crippen LogP contribution in [0, 0.1) is 0 Å². The Morgan fingerprint density at radius 1 is 0.912 bits per heavy atom. The number of imidazole rings is 1. The Bertz CT molecular complexity index is 1560. The summed E-state index contributed by atoms with van der Waals surface area (Å²) in [6.07, 6.45) is 2.92. The summed E-state index contributed by atoms with van der Waals surface area (Å²) in [7, 11) is 1.80. The Hall–Kier alpha value is -4.99. The highest BCUT2D eigenvalue weighted by Crippen LogP contribution is 2.24. The van der Waals surface area contributed by atoms with Crippen molar-refractivity contribution in [2.24, 2.45) is 0 Å². The molecule has 0 radical (unpaired) electrons. The summed E-state index contributed by atoms with van der Waals surface area (Å²) in [6.45, 7) is 0. The van der Waals surface area contributed by atoms with E-state index < -0.39 is 0 Å². The fourth-order valence-corrected chi connectivity index (χ4v) is 3.71. The van der Waals surface area contributed by atoms with Gasteiger partial charge in [0.15, 0.2) is 11.5 Å². The number of fused-ring (bicyclic) bond motifs is 1. The fraction of sp³-hybridized carbons (Fsp3) is 0.0417. The van der Waals surface area contributed by atoms with E-state index >= 15 is 0 Å². The third-order valence-corrected chi connectivity index (χ3v) is 5.34. The van der Waals surface area contributed by atoms with Crippen LogP contribution < -0.4 is 22.1 Å². The first kappa shape index (κ1) is 20.9. The molecule has 3 heterocycles. The van der Waals surface area contributed by atoms with E-state index in [-0.39, 0.29) is 17.4 Å². The average Bonchev–Trinajstić information content (AvgIpc) is 3.17. The maximum atomic E-state index is 13.6. The Balaban J connectivity index is 1.60. The van der Waals surface area contributed by atoms with E-state index in [0.717, 1.165) is 5.69 Å². The van der Waals surface area contributed by atoms with Gasteiger partial charge in [-0.25, -0.2) is 24.3 Å². The van der Waals surface area contributed by atoms with Crippen LogP contribution in [0.3, 0.4) is 0 Å². The molecule has 168 valence electrons. The van der Waals surface area contributed by atoms with E-state index in [1.54, 1.807) is 55.7 Å². The van der Waals surface area contributed by atoms with Crippen LogP contribution >= 0.6 is 0 Å². The number of rotatable bonds is 5. The Labute approximate surface area is 193 Å². The lowest BCUT2D eigenvalue weighted by molar-refractivity contribution is 0.102. The van der Waals surface area contributed by atoms with Gasteiger partial charge in [0.05, 0.1) is 11.4 Å². The largest absolute Gasteiger partial charge is 0.388 e. The number of nitrogens with two attached hydrogens (primary N) is 1. The molecule has 0 fully saturated rings. The number of pyridine rings is 1. The summed E-state index contributed by atoms with van der Waals surface area (Å²) in [4.78, 5) is 38.7. The molecule has 4 N–H and O–H groups in total. The Kier molecular flexibility index (Phi) is 5.23. The normalized spacial score (nSPS) is 10.9. The molecule has 3 aromatic heterocycles. The molecule has 0 aliphatic rings. The maximum absolute atomic E-state index is 13.6. The average molecular weight is 452 g/mol. The van der Waals surface area contributed by atoms with Gasteiger partial charge in [0.2, 0.25) is 0 Å². The molecule has 0 saturated carbocycles. The van der Waals surface area contributed by atoms with Crippen LogP contribution in [-0.4, -0.2) is 37.0 Å². The van der Waals surface area contributed by atoms with Crippen LogP contribution in [0.15, 0.2) is 84.0 Å². The van der Waals surface area contributed by atoms with Gasteiger partial charge in [-0.3, -0.25) is 9.36 Å². The summed E-state index contributed by atoms with van der Waals surface area (Å²) in [5, 5.41) is 5.80. The van der Waals surface area contributed by atoms with E-state index in [4.69, 9.17) is 5.73 Å². The van der Waals surface area contributed by atoms with E-state index in [9.17, 15) is 9.59 Å². The van der Waals surface area contributed by atoms with Gasteiger partial charge in [0.25, 0.3) is 5.91 Å². The number of anilines is 3. The quantitative estimate of drug-likeness (QED) is 0.373. The molecule has 0 aliphatic heterocycles. The number of nitrogens with zero attached hydrogens (tertiary/aromatic N) is 5. The van der Waals surface area contributed by atoms with Crippen LogP contribution in [0.5, 0.6) is 0 Å². The molecule has 10 nitrogen and oxygen atoms in total. The Morgan fingerprint density at radius 2 is 1.74 bits per heavy atom. The van der Waals surface area contributed by atoms with Crippen molar-refractivity contribution in [3.05, 3.63) is 95.3 Å². The number of amides is 1. The summed E-state index contributed by atoms with van der Waals surface area (Å²) in [5.74, 6) is 0.305. The van der Waals surface area contributed by atoms with Crippen molar-refractivity contribution in [3.63, 3.8) is 0 Å². The second-order valence-corrected chi connectivity index (χ2v) is 7.40. The van der Waals surface area contributed by atoms with Crippen LogP contribution in [0.4, 0.5) is 17.3 Å². The molecule has 5 aromatic rings. The van der Waals surface area contributed by atoms with E-state index in [1.807, 2.05) is 24.3 Å². The number of nitrogen functional groups attached to an aromatic ring is 1. The third kappa shape index (κ3) is 3.62. The van der Waals surface area contributed by atoms with Gasteiger partial charge in [-0.1, -0.05) is 12.1 Å². The lowest BCUT2D eigenvalue weighted by Crippen LogP contribution is -2.22. The number of nitrogens with one attached hydrogen (secondary N) is 2. The van der Waals surface area contributed by atoms with Crippen molar-refractivity contribution in [3.8, 4) is 11.4 Å². The van der Waals surface area contributed by atoms with E-state index in [0.29, 0.717) is 33.9 Å². The lowest BCUT2D eigenvalue weighted by Gasteiger charge is -2.07. The van der Waals surface area contributed by atoms with Gasteiger partial charge in [-0.2, -0.15) is 0 Å². The van der Waals surface area contributed by atoms with Crippen LogP contribution in [0.1, 0.15) is 10.4 Å². The molecule has 5 rings (SSSR count). The summed E-state index contributed by atoms with van der Waals surface area (Å²) >= 11 is 0. The van der Waals surface area contributed by atoms with Crippen molar-refractivity contribution in [2.45, 2.75) is 0 Å². The Morgan fingerprint density at radius 3 is 2.47 bits per heavy atom. The third-order valence-electron chi connectivity index (χ3n) is 5.34. The molecule has 0 spiro atoms. The number of benzene rings is 2. The number of hydrogen-bond acceptors (Lipinski definition) is 7. The van der Waals surface area contributed by atoms with E-state index in [1.165, 1.54) is 15.5 Å². The second kappa shape index (κ2) is 8.51. The zero-order chi connectivity index (χ0) is 23.7. The molecule has 0 atom stereocenters. The maximum Gasteiger partial charge on any atom is 0.339 e. The van der Waals surface area contributed by atoms with Gasteiger partial charge in [0.1, 0.15) is 17.7 Å². The van der Waals surface area contributed by atoms with Crippen LogP contribution in [-0.2, 0) is 0 Å². The first-order chi connectivity index (χ1) is 16.6. The number of hydrogen-bond donors (Lipinski definition) is 3. The van der Waals surface area contributed by atoms with Gasteiger partial charge in [0, 0.05) is 24.5 Å². The van der Waals surface area contributed by atoms with Gasteiger partial charge < -0.3 is 16.4 Å². The molecule has 2 aromatic carbocycles. The molecule has 10 heteroatoms. The zero-order valence-corrected chi connectivity index (χ0v) is 18.1. The summed E-state index contributed by atoms with van der Waals surface area (Å²) < 4.78 is 2.92. The van der Waals surface area contributed by atoms with Crippen LogP contribution in [0.2, 0.25) is 0 Å². The van der Waals surface area contributed by atoms with Crippen molar-refractivity contribution >= 4 is 34.4 Å². The molecule has 0 aliphatic carbocycles. The predicted molar refractivity (Wildman–Crippen MR) is 131 cm³/mol. The highest BCUT2D eigenvalue weighted by molar-refractivity contribution is 6.03. The highest BCUT2D eigenvalue weighted by atomic mass is 16.2. The van der Waals surface area contributed by atoms with Gasteiger partial charge in [-0.15, -0.1) is 0 Å². The first-order valence-corrected chi connectivity index (χ1v) is 10.4. The number of carbonyl (C=O) groups excluding carboxylic acids is 1. The van der Waals surface area contributed by atoms with E-state index in [2.05, 4.69) is 25.6 Å². The molecule has 1 amide bonds. The topological polar surface area (TPSA) is 133 Å². The monoisotopic (exact) mass is 452 g/mol. The first-order valence-electron chi connectivity index (χ1n) is 10.4. The molecule has 0 unspecified atom stereocenters. The van der Waals surface area contributed by atoms with Crippen molar-refractivity contribution in [2.75, 3.05) is 23.4 Å². The number of aromatic nitrogens is 5. The minimum absolute atomic E-state index is 0.169. The number of carbonyl (C=O) groups is 1. The van der Waals surface area contributed by atoms with Crippen molar-refractivity contribution in [1.82, 2.24) is 24.1 Å². The molecule has 0 bridgehead atoms. The predicted octanol–water partition coefficient (Wildman–Crippen LogP) is 2.84. The zero-order valence-electron chi connectivity index (χ0n) is 18.1. The summed E-state index contributed by atoms with van der Waals surface area (Å²) in [5.41, 5.74) is 8.98. The minimum Gasteiger partial charge on any atom is -0.388 e. The second-order valence-electron chi connectivity index (χ2n) is 7.40. The summed E-state index contributed by atoms with van der Waals surface area (Å²) in [6, 6.07) is 19.3. The van der Waals surface area contributed by atoms with Crippen LogP contribution in [0.25, 0.3) is 22.5 Å². The van der Waals surface area contributed by atoms with Crippen molar-refractivity contribution < 1.29 is 4.79 Å². The lowest BCUT2D eigenvalue weighted by atomic mass is 10.2. The smallest absolute Gasteiger partial charge is 0.339 e. The highest BCUT2D eigenvalue weighted by Gasteiger charge is 2.20. The molecule has 34 heavy (non-hydrogen) atoms. The van der Waals surface area contributed by atoms with Crippen molar-refractivity contribution in [1.29, 1.82) is 0 Å². The van der Waals surface area contributed by atoms with Gasteiger partial charge >= 0.3 is 5.69 Å². The fourth-order valence-electron chi connectivity index (χ4n) is 3.71. The molecule has 0 saturated heterocycles. The standard InChI is InChI=1S/C24H20N8O2/c1-26-16-5-4-6-18(13-16)32-22-20(21(25)28-14-29-22)31(24(32)34)17-10-8-15(9-11-17)23(33)30-19-7-2-3-12-27-19/h2-14,26H,1H3,(H2,25,28,29)(H,27,30,33). The molecular weight excluding hydrogens is 432 g/mol. The SMILES string of the molecule is CNc1cccc(-n2c(=O)n(-c3ccc(C(=O)Nc4ccccn4)cc3)c3c(N)ncnc32)c1. The minimum atomic E-state index is -0.360.